The van der Waals surface area contributed by atoms with Gasteiger partial charge in [0.15, 0.2) is 4.77 Å². The van der Waals surface area contributed by atoms with Crippen molar-refractivity contribution < 1.29 is 14.6 Å². The smallest absolute Gasteiger partial charge is 0.338 e. The van der Waals surface area contributed by atoms with E-state index < -0.39 is 0 Å². The minimum Gasteiger partial charge on any atom is -0.493 e. The van der Waals surface area contributed by atoms with Crippen molar-refractivity contribution in [1.82, 2.24) is 9.97 Å². The maximum absolute atomic E-state index is 11.6. The van der Waals surface area contributed by atoms with Crippen LogP contribution in [-0.4, -0.2) is 21.0 Å². The summed E-state index contributed by atoms with van der Waals surface area (Å²) in [5.74, 6) is -0.278. The molecule has 0 radical (unpaired) electrons. The second kappa shape index (κ2) is 5.78. The molecule has 0 atom stereocenters. The molecule has 132 valence electrons. The van der Waals surface area contributed by atoms with E-state index >= 15 is 0 Å². The van der Waals surface area contributed by atoms with Gasteiger partial charge in [0.25, 0.3) is 0 Å². The topological polar surface area (TPSA) is 90.5 Å². The summed E-state index contributed by atoms with van der Waals surface area (Å²) in [6.07, 6.45) is 3.68. The Morgan fingerprint density at radius 3 is 2.78 bits per heavy atom. The van der Waals surface area contributed by atoms with Gasteiger partial charge in [-0.3, -0.25) is 0 Å². The van der Waals surface area contributed by atoms with E-state index in [0.29, 0.717) is 22.6 Å². The molecule has 3 N–H and O–H groups in total. The summed E-state index contributed by atoms with van der Waals surface area (Å²) in [6, 6.07) is 11.7. The lowest BCUT2D eigenvalue weighted by atomic mass is 10.00. The Balaban J connectivity index is 1.55. The normalized spacial score (nSPS) is 15.9. The predicted molar refractivity (Wildman–Crippen MR) is 102 cm³/mol. The average molecular weight is 375 g/mol. The molecule has 0 unspecified atom stereocenters. The van der Waals surface area contributed by atoms with Crippen LogP contribution in [0.25, 0.3) is 23.3 Å². The van der Waals surface area contributed by atoms with Crippen LogP contribution >= 0.6 is 12.2 Å². The van der Waals surface area contributed by atoms with Gasteiger partial charge in [-0.25, -0.2) is 9.79 Å². The lowest BCUT2D eigenvalue weighted by Crippen LogP contribution is -2.20. The molecule has 0 bridgehead atoms. The molecule has 0 aliphatic carbocycles. The van der Waals surface area contributed by atoms with Crippen LogP contribution in [0.4, 0.5) is 0 Å². The molecule has 3 aromatic rings. The number of aromatic nitrogens is 2. The van der Waals surface area contributed by atoms with Gasteiger partial charge in [-0.2, -0.15) is 0 Å². The van der Waals surface area contributed by atoms with Crippen LogP contribution in [0.1, 0.15) is 21.6 Å². The molecule has 2 aromatic carbocycles. The first-order chi connectivity index (χ1) is 13.1. The number of aromatic hydroxyl groups is 1. The largest absolute Gasteiger partial charge is 0.493 e. The number of carbonyl (C=O) groups excluding carboxylic acids is 1. The Bertz CT molecular complexity index is 1330. The van der Waals surface area contributed by atoms with Crippen molar-refractivity contribution in [3.63, 3.8) is 0 Å². The van der Waals surface area contributed by atoms with E-state index in [9.17, 15) is 9.90 Å². The zero-order valence-electron chi connectivity index (χ0n) is 13.9. The highest BCUT2D eigenvalue weighted by Crippen LogP contribution is 2.26. The first-order valence-corrected chi connectivity index (χ1v) is 8.71. The van der Waals surface area contributed by atoms with Gasteiger partial charge in [-0.1, -0.05) is 18.2 Å². The number of benzene rings is 2. The number of ether oxygens (including phenoxy) is 1. The maximum atomic E-state index is 11.6. The molecule has 3 heterocycles. The van der Waals surface area contributed by atoms with Crippen molar-refractivity contribution >= 4 is 30.3 Å². The van der Waals surface area contributed by atoms with Gasteiger partial charge in [0.2, 0.25) is 5.88 Å². The van der Waals surface area contributed by atoms with Crippen LogP contribution in [0.3, 0.4) is 0 Å². The molecule has 0 amide bonds. The monoisotopic (exact) mass is 375 g/mol. The molecular weight excluding hydrogens is 362 g/mol. The highest BCUT2D eigenvalue weighted by Gasteiger charge is 2.21. The number of rotatable bonds is 2. The molecular formula is C20H13N3O3S. The summed E-state index contributed by atoms with van der Waals surface area (Å²) in [4.78, 5) is 21.7. The quantitative estimate of drug-likeness (QED) is 0.474. The molecule has 0 saturated heterocycles. The summed E-state index contributed by atoms with van der Waals surface area (Å²) >= 11 is 4.97. The summed E-state index contributed by atoms with van der Waals surface area (Å²) in [5, 5.41) is 11.7. The third kappa shape index (κ3) is 2.69. The van der Waals surface area contributed by atoms with Crippen molar-refractivity contribution in [2.24, 2.45) is 4.99 Å². The Kier molecular flexibility index (Phi) is 3.38. The second-order valence-electron chi connectivity index (χ2n) is 6.39. The first kappa shape index (κ1) is 15.8. The summed E-state index contributed by atoms with van der Waals surface area (Å²) in [6.45, 7) is 0.319. The maximum Gasteiger partial charge on any atom is 0.338 e. The molecule has 27 heavy (non-hydrogen) atoms. The number of cyclic esters (lactones) is 1. The van der Waals surface area contributed by atoms with E-state index in [1.807, 2.05) is 36.4 Å². The van der Waals surface area contributed by atoms with Gasteiger partial charge in [0.05, 0.1) is 16.6 Å². The Hall–Kier alpha value is -3.45. The lowest BCUT2D eigenvalue weighted by molar-refractivity contribution is 0.0535. The minimum absolute atomic E-state index is 0.0114. The number of aromatic amines is 2. The molecule has 0 saturated carbocycles. The van der Waals surface area contributed by atoms with Gasteiger partial charge in [0, 0.05) is 10.8 Å². The molecule has 0 fully saturated rings. The van der Waals surface area contributed by atoms with Crippen LogP contribution in [0.15, 0.2) is 47.1 Å². The van der Waals surface area contributed by atoms with Crippen LogP contribution in [-0.2, 0) is 11.3 Å². The van der Waals surface area contributed by atoms with Crippen LogP contribution < -0.4 is 10.6 Å². The number of nitrogens with zero attached hydrogens (tertiary/aromatic N) is 1. The lowest BCUT2D eigenvalue weighted by Gasteiger charge is -2.03. The molecule has 5 rings (SSSR count). The van der Waals surface area contributed by atoms with E-state index in [1.54, 1.807) is 12.1 Å². The number of hydrogen-bond acceptors (Lipinski definition) is 5. The van der Waals surface area contributed by atoms with Gasteiger partial charge < -0.3 is 19.8 Å². The zero-order valence-corrected chi connectivity index (χ0v) is 14.8. The standard InChI is InChI=1S/C20H13N3O3S/c24-18-17(22-20(27)23-18)8-14-6-12-2-1-11(7-16(12)21-14)10-3-4-15-13(5-10)9-26-19(15)25/h1-8,24H,9H2,(H2,22,23,27). The van der Waals surface area contributed by atoms with Crippen molar-refractivity contribution in [1.29, 1.82) is 0 Å². The number of imidazole rings is 1. The van der Waals surface area contributed by atoms with Crippen LogP contribution in [0.5, 0.6) is 5.88 Å². The Labute approximate surface area is 158 Å². The molecule has 1 aromatic heterocycles. The van der Waals surface area contributed by atoms with E-state index in [4.69, 9.17) is 17.0 Å². The highest BCUT2D eigenvalue weighted by molar-refractivity contribution is 7.71. The number of fused-ring (bicyclic) bond motifs is 2. The van der Waals surface area contributed by atoms with E-state index in [0.717, 1.165) is 33.0 Å². The van der Waals surface area contributed by atoms with Gasteiger partial charge in [-0.05, 0) is 53.7 Å². The van der Waals surface area contributed by atoms with E-state index in [2.05, 4.69) is 15.0 Å². The number of carbonyl (C=O) groups is 1. The molecule has 6 nitrogen and oxygen atoms in total. The summed E-state index contributed by atoms with van der Waals surface area (Å²) in [5.41, 5.74) is 4.77. The van der Waals surface area contributed by atoms with Crippen LogP contribution in [0.2, 0.25) is 0 Å². The number of nitrogens with one attached hydrogen (secondary N) is 2. The second-order valence-corrected chi connectivity index (χ2v) is 6.80. The third-order valence-electron chi connectivity index (χ3n) is 4.63. The van der Waals surface area contributed by atoms with Crippen molar-refractivity contribution in [3.05, 3.63) is 74.3 Å². The molecule has 2 aliphatic rings. The molecule has 2 aliphatic heterocycles. The van der Waals surface area contributed by atoms with E-state index in [1.165, 1.54) is 0 Å². The highest BCUT2D eigenvalue weighted by atomic mass is 32.1. The third-order valence-corrected chi connectivity index (χ3v) is 4.83. The predicted octanol–water partition coefficient (Wildman–Crippen LogP) is 2.57. The minimum atomic E-state index is -0.267. The molecule has 0 spiro atoms. The van der Waals surface area contributed by atoms with Crippen molar-refractivity contribution in [2.75, 3.05) is 0 Å². The molecule has 7 heteroatoms. The van der Waals surface area contributed by atoms with Gasteiger partial charge >= 0.3 is 5.97 Å². The van der Waals surface area contributed by atoms with Crippen molar-refractivity contribution in [2.45, 2.75) is 6.61 Å². The fourth-order valence-electron chi connectivity index (χ4n) is 3.30. The number of esters is 1. The first-order valence-electron chi connectivity index (χ1n) is 8.31. The zero-order chi connectivity index (χ0) is 18.5. The fraction of sp³-hybridized carbons (Fsp3) is 0.0500. The van der Waals surface area contributed by atoms with Crippen LogP contribution in [0, 0.1) is 4.77 Å². The SMILES string of the molecule is O=C1OCc2cc(-c3ccc4c(c3)=NC(=Cc3[nH]c(=S)[nH]c3O)C=4)ccc21. The van der Waals surface area contributed by atoms with E-state index in [-0.39, 0.29) is 11.8 Å². The number of allylic oxidation sites excluding steroid dienone is 1. The Morgan fingerprint density at radius 1 is 1.15 bits per heavy atom. The van der Waals surface area contributed by atoms with Crippen molar-refractivity contribution in [3.8, 4) is 17.0 Å². The fourth-order valence-corrected chi connectivity index (χ4v) is 3.51. The average Bonchev–Trinajstić information content (AvgIpc) is 3.31. The summed E-state index contributed by atoms with van der Waals surface area (Å²) in [7, 11) is 0. The Morgan fingerprint density at radius 2 is 1.96 bits per heavy atom. The number of hydrogen-bond donors (Lipinski definition) is 3. The summed E-state index contributed by atoms with van der Waals surface area (Å²) < 4.78 is 5.42. The van der Waals surface area contributed by atoms with Gasteiger partial charge in [-0.15, -0.1) is 0 Å². The van der Waals surface area contributed by atoms with Gasteiger partial charge in [0.1, 0.15) is 12.3 Å². The number of H-pyrrole nitrogens is 2.